The Morgan fingerprint density at radius 1 is 1.50 bits per heavy atom. The second-order valence-electron chi connectivity index (χ2n) is 3.23. The average molecular weight is 257 g/mol. The van der Waals surface area contributed by atoms with Crippen LogP contribution in [0.3, 0.4) is 0 Å². The van der Waals surface area contributed by atoms with Crippen molar-refractivity contribution >= 4 is 5.91 Å². The number of hydrogen-bond donors (Lipinski definition) is 1. The summed E-state index contributed by atoms with van der Waals surface area (Å²) in [6.07, 6.45) is 0. The maximum absolute atomic E-state index is 12.9. The highest BCUT2D eigenvalue weighted by Crippen LogP contribution is 2.20. The molecule has 0 saturated heterocycles. The van der Waals surface area contributed by atoms with E-state index in [0.717, 1.165) is 12.1 Å². The highest BCUT2D eigenvalue weighted by molar-refractivity contribution is 5.73. The summed E-state index contributed by atoms with van der Waals surface area (Å²) in [5, 5.41) is 2.41. The van der Waals surface area contributed by atoms with E-state index in [9.17, 15) is 18.0 Å². The fourth-order valence-electron chi connectivity index (χ4n) is 1.10. The first-order valence-corrected chi connectivity index (χ1v) is 4.96. The van der Waals surface area contributed by atoms with Crippen LogP contribution in [0.4, 0.5) is 13.2 Å². The quantitative estimate of drug-likeness (QED) is 0.840. The lowest BCUT2D eigenvalue weighted by molar-refractivity contribution is -0.118. The Morgan fingerprint density at radius 3 is 2.83 bits per heavy atom. The van der Waals surface area contributed by atoms with Gasteiger partial charge in [-0.1, -0.05) is 11.8 Å². The zero-order valence-electron chi connectivity index (χ0n) is 9.47. The Hall–Kier alpha value is -2.16. The summed E-state index contributed by atoms with van der Waals surface area (Å²) in [4.78, 5) is 10.6. The Bertz CT molecular complexity index is 492. The highest BCUT2D eigenvalue weighted by atomic mass is 19.3. The Kier molecular flexibility index (Phi) is 5.06. The number of carbonyl (C=O) groups excluding carboxylic acids is 1. The molecule has 0 heterocycles. The second-order valence-corrected chi connectivity index (χ2v) is 3.23. The van der Waals surface area contributed by atoms with Crippen molar-refractivity contribution in [2.75, 3.05) is 6.54 Å². The topological polar surface area (TPSA) is 38.3 Å². The Morgan fingerprint density at radius 2 is 2.22 bits per heavy atom. The zero-order chi connectivity index (χ0) is 13.5. The molecule has 0 bridgehead atoms. The van der Waals surface area contributed by atoms with Crippen molar-refractivity contribution in [3.05, 3.63) is 29.6 Å². The molecular formula is C12H10F3NO2. The molecule has 1 amide bonds. The number of ether oxygens (including phenoxy) is 1. The van der Waals surface area contributed by atoms with E-state index in [1.165, 1.54) is 13.0 Å². The monoisotopic (exact) mass is 257 g/mol. The van der Waals surface area contributed by atoms with E-state index in [4.69, 9.17) is 0 Å². The van der Waals surface area contributed by atoms with Crippen LogP contribution in [0.15, 0.2) is 18.2 Å². The minimum absolute atomic E-state index is 0.0703. The summed E-state index contributed by atoms with van der Waals surface area (Å²) in [7, 11) is 0. The van der Waals surface area contributed by atoms with Crippen LogP contribution in [-0.2, 0) is 4.79 Å². The van der Waals surface area contributed by atoms with Gasteiger partial charge in [0.1, 0.15) is 11.6 Å². The molecule has 0 aromatic heterocycles. The molecule has 1 aromatic rings. The van der Waals surface area contributed by atoms with Crippen molar-refractivity contribution in [2.24, 2.45) is 0 Å². The van der Waals surface area contributed by atoms with E-state index in [-0.39, 0.29) is 23.8 Å². The smallest absolute Gasteiger partial charge is 0.387 e. The molecule has 0 unspecified atom stereocenters. The number of halogens is 3. The summed E-state index contributed by atoms with van der Waals surface area (Å²) < 4.78 is 41.2. The molecule has 0 aliphatic heterocycles. The molecule has 0 saturated carbocycles. The number of amides is 1. The maximum Gasteiger partial charge on any atom is 0.387 e. The van der Waals surface area contributed by atoms with E-state index >= 15 is 0 Å². The standard InChI is InChI=1S/C12H10F3NO2/c1-8(17)16-6-2-3-9-4-5-10(13)7-11(9)18-12(14)15/h4-5,7,12H,6H2,1H3,(H,16,17). The molecule has 0 radical (unpaired) electrons. The third-order valence-electron chi connectivity index (χ3n) is 1.81. The van der Waals surface area contributed by atoms with Gasteiger partial charge < -0.3 is 10.1 Å². The molecule has 18 heavy (non-hydrogen) atoms. The largest absolute Gasteiger partial charge is 0.433 e. The summed E-state index contributed by atoms with van der Waals surface area (Å²) >= 11 is 0. The number of alkyl halides is 2. The molecule has 3 nitrogen and oxygen atoms in total. The lowest BCUT2D eigenvalue weighted by Gasteiger charge is -2.06. The molecule has 1 aromatic carbocycles. The van der Waals surface area contributed by atoms with Crippen LogP contribution in [-0.4, -0.2) is 19.1 Å². The fraction of sp³-hybridized carbons (Fsp3) is 0.250. The molecule has 0 aliphatic rings. The third-order valence-corrected chi connectivity index (χ3v) is 1.81. The first-order valence-electron chi connectivity index (χ1n) is 4.96. The SMILES string of the molecule is CC(=O)NCC#Cc1ccc(F)cc1OC(F)F. The average Bonchev–Trinajstić information content (AvgIpc) is 2.25. The predicted molar refractivity (Wildman–Crippen MR) is 58.6 cm³/mol. The Balaban J connectivity index is 2.83. The summed E-state index contributed by atoms with van der Waals surface area (Å²) in [5.74, 6) is 3.76. The molecule has 0 aliphatic carbocycles. The summed E-state index contributed by atoms with van der Waals surface area (Å²) in [6.45, 7) is -1.66. The maximum atomic E-state index is 12.9. The van der Waals surface area contributed by atoms with Gasteiger partial charge in [0.15, 0.2) is 0 Å². The lowest BCUT2D eigenvalue weighted by atomic mass is 10.2. The van der Waals surface area contributed by atoms with Gasteiger partial charge >= 0.3 is 6.61 Å². The molecule has 6 heteroatoms. The van der Waals surface area contributed by atoms with Crippen molar-refractivity contribution in [2.45, 2.75) is 13.5 Å². The van der Waals surface area contributed by atoms with E-state index in [2.05, 4.69) is 21.9 Å². The number of rotatable bonds is 3. The van der Waals surface area contributed by atoms with Gasteiger partial charge in [-0.15, -0.1) is 0 Å². The Labute approximate surface area is 102 Å². The van der Waals surface area contributed by atoms with Crippen molar-refractivity contribution in [3.63, 3.8) is 0 Å². The van der Waals surface area contributed by atoms with Crippen molar-refractivity contribution in [1.82, 2.24) is 5.32 Å². The van der Waals surface area contributed by atoms with Gasteiger partial charge in [-0.25, -0.2) is 4.39 Å². The van der Waals surface area contributed by atoms with Crippen LogP contribution < -0.4 is 10.1 Å². The van der Waals surface area contributed by atoms with Crippen LogP contribution in [0.2, 0.25) is 0 Å². The molecule has 0 spiro atoms. The molecule has 0 atom stereocenters. The van der Waals surface area contributed by atoms with Crippen LogP contribution in [0, 0.1) is 17.7 Å². The first kappa shape index (κ1) is 13.9. The van der Waals surface area contributed by atoms with Gasteiger partial charge in [-0.2, -0.15) is 8.78 Å². The van der Waals surface area contributed by atoms with Crippen LogP contribution in [0.5, 0.6) is 5.75 Å². The van der Waals surface area contributed by atoms with E-state index in [1.54, 1.807) is 0 Å². The summed E-state index contributed by atoms with van der Waals surface area (Å²) in [5.41, 5.74) is 0.127. The predicted octanol–water partition coefficient (Wildman–Crippen LogP) is 1.91. The molecule has 0 fully saturated rings. The minimum atomic E-state index is -3.05. The summed E-state index contributed by atoms with van der Waals surface area (Å²) in [6, 6.07) is 3.14. The van der Waals surface area contributed by atoms with Gasteiger partial charge in [0.25, 0.3) is 0 Å². The fourth-order valence-corrected chi connectivity index (χ4v) is 1.10. The normalized spacial score (nSPS) is 9.61. The van der Waals surface area contributed by atoms with Crippen molar-refractivity contribution in [3.8, 4) is 17.6 Å². The first-order chi connectivity index (χ1) is 8.49. The van der Waals surface area contributed by atoms with Crippen LogP contribution in [0.25, 0.3) is 0 Å². The number of nitrogens with one attached hydrogen (secondary N) is 1. The lowest BCUT2D eigenvalue weighted by Crippen LogP contribution is -2.19. The molecular weight excluding hydrogens is 247 g/mol. The van der Waals surface area contributed by atoms with Gasteiger partial charge in [-0.3, -0.25) is 4.79 Å². The highest BCUT2D eigenvalue weighted by Gasteiger charge is 2.09. The van der Waals surface area contributed by atoms with E-state index in [1.807, 2.05) is 0 Å². The van der Waals surface area contributed by atoms with E-state index in [0.29, 0.717) is 0 Å². The van der Waals surface area contributed by atoms with Gasteiger partial charge in [0.05, 0.1) is 12.1 Å². The van der Waals surface area contributed by atoms with Gasteiger partial charge in [0.2, 0.25) is 5.91 Å². The number of benzene rings is 1. The number of carbonyl (C=O) groups is 1. The second kappa shape index (κ2) is 6.55. The van der Waals surface area contributed by atoms with E-state index < -0.39 is 12.4 Å². The minimum Gasteiger partial charge on any atom is -0.433 e. The van der Waals surface area contributed by atoms with Crippen LogP contribution >= 0.6 is 0 Å². The van der Waals surface area contributed by atoms with Gasteiger partial charge in [-0.05, 0) is 12.1 Å². The molecule has 96 valence electrons. The van der Waals surface area contributed by atoms with Gasteiger partial charge in [0, 0.05) is 13.0 Å². The third kappa shape index (κ3) is 4.78. The van der Waals surface area contributed by atoms with Crippen molar-refractivity contribution < 1.29 is 22.7 Å². The van der Waals surface area contributed by atoms with Crippen molar-refractivity contribution in [1.29, 1.82) is 0 Å². The molecule has 1 rings (SSSR count). The van der Waals surface area contributed by atoms with Crippen LogP contribution in [0.1, 0.15) is 12.5 Å². The zero-order valence-corrected chi connectivity index (χ0v) is 9.47. The molecule has 1 N–H and O–H groups in total. The number of hydrogen-bond acceptors (Lipinski definition) is 2.